The van der Waals surface area contributed by atoms with Crippen LogP contribution in [0.4, 0.5) is 0 Å². The molecule has 0 aliphatic heterocycles. The van der Waals surface area contributed by atoms with Crippen LogP contribution in [0, 0.1) is 13.8 Å². The van der Waals surface area contributed by atoms with Crippen molar-refractivity contribution in [1.29, 1.82) is 0 Å². The van der Waals surface area contributed by atoms with Crippen LogP contribution in [0.15, 0.2) is 35.1 Å². The number of nitrogens with one attached hydrogen (secondary N) is 1. The molecule has 2 rings (SSSR count). The van der Waals surface area contributed by atoms with E-state index in [1.807, 2.05) is 44.2 Å². The average molecular weight is 243 g/mol. The van der Waals surface area contributed by atoms with Crippen molar-refractivity contribution in [1.82, 2.24) is 4.98 Å². The van der Waals surface area contributed by atoms with Gasteiger partial charge in [0.2, 0.25) is 0 Å². The molecule has 18 heavy (non-hydrogen) atoms. The maximum Gasteiger partial charge on any atom is 0.251 e. The molecule has 1 N–H and O–H groups in total. The fraction of sp³-hybridized carbons (Fsp3) is 0.267. The Morgan fingerprint density at radius 2 is 2.06 bits per heavy atom. The Hall–Kier alpha value is -2.03. The van der Waals surface area contributed by atoms with Crippen molar-refractivity contribution in [2.75, 3.05) is 6.61 Å². The van der Waals surface area contributed by atoms with Gasteiger partial charge >= 0.3 is 0 Å². The highest BCUT2D eigenvalue weighted by molar-refractivity contribution is 5.88. The maximum absolute atomic E-state index is 11.6. The molecule has 0 saturated carbocycles. The van der Waals surface area contributed by atoms with E-state index in [1.165, 1.54) is 0 Å². The van der Waals surface area contributed by atoms with Gasteiger partial charge in [0.05, 0.1) is 5.52 Å². The van der Waals surface area contributed by atoms with Gasteiger partial charge in [0.25, 0.3) is 5.56 Å². The van der Waals surface area contributed by atoms with E-state index in [1.54, 1.807) is 6.92 Å². The number of aromatic nitrogens is 1. The van der Waals surface area contributed by atoms with Gasteiger partial charge in [-0.15, -0.1) is 0 Å². The highest BCUT2D eigenvalue weighted by atomic mass is 16.5. The lowest BCUT2D eigenvalue weighted by atomic mass is 10.1. The molecule has 1 heterocycles. The van der Waals surface area contributed by atoms with Gasteiger partial charge in [0, 0.05) is 10.9 Å². The summed E-state index contributed by atoms with van der Waals surface area (Å²) in [6, 6.07) is 5.78. The van der Waals surface area contributed by atoms with Gasteiger partial charge in [0.1, 0.15) is 12.4 Å². The zero-order valence-corrected chi connectivity index (χ0v) is 10.9. The Morgan fingerprint density at radius 3 is 2.78 bits per heavy atom. The second-order valence-corrected chi connectivity index (χ2v) is 4.33. The first kappa shape index (κ1) is 12.4. The second kappa shape index (κ2) is 5.08. The van der Waals surface area contributed by atoms with Gasteiger partial charge in [0.15, 0.2) is 0 Å². The van der Waals surface area contributed by atoms with Crippen molar-refractivity contribution in [3.05, 3.63) is 51.8 Å². The summed E-state index contributed by atoms with van der Waals surface area (Å²) in [5.41, 5.74) is 2.55. The lowest BCUT2D eigenvalue weighted by Gasteiger charge is -2.10. The first-order chi connectivity index (χ1) is 8.63. The highest BCUT2D eigenvalue weighted by Crippen LogP contribution is 2.26. The number of ether oxygens (including phenoxy) is 1. The highest BCUT2D eigenvalue weighted by Gasteiger charge is 2.07. The van der Waals surface area contributed by atoms with Crippen molar-refractivity contribution in [2.45, 2.75) is 20.8 Å². The average Bonchev–Trinajstić information content (AvgIpc) is 2.35. The fourth-order valence-electron chi connectivity index (χ4n) is 1.87. The molecule has 0 radical (unpaired) electrons. The molecule has 0 atom stereocenters. The number of allylic oxidation sites excluding steroid dienone is 1. The van der Waals surface area contributed by atoms with E-state index >= 15 is 0 Å². The van der Waals surface area contributed by atoms with E-state index in [2.05, 4.69) is 4.98 Å². The normalized spacial score (nSPS) is 11.3. The number of fused-ring (bicyclic) bond motifs is 1. The quantitative estimate of drug-likeness (QED) is 0.842. The molecule has 0 spiro atoms. The molecule has 0 unspecified atom stereocenters. The maximum atomic E-state index is 11.6. The van der Waals surface area contributed by atoms with E-state index in [9.17, 15) is 4.79 Å². The number of rotatable bonds is 3. The summed E-state index contributed by atoms with van der Waals surface area (Å²) >= 11 is 0. The van der Waals surface area contributed by atoms with Crippen LogP contribution >= 0.6 is 0 Å². The van der Waals surface area contributed by atoms with Crippen LogP contribution in [0.25, 0.3) is 10.9 Å². The second-order valence-electron chi connectivity index (χ2n) is 4.33. The molecular weight excluding hydrogens is 226 g/mol. The third kappa shape index (κ3) is 2.30. The lowest BCUT2D eigenvalue weighted by Crippen LogP contribution is -2.09. The molecule has 2 aromatic rings. The van der Waals surface area contributed by atoms with Gasteiger partial charge in [-0.3, -0.25) is 4.79 Å². The van der Waals surface area contributed by atoms with E-state index in [0.717, 1.165) is 22.2 Å². The molecule has 0 aliphatic rings. The minimum atomic E-state index is -0.0452. The van der Waals surface area contributed by atoms with E-state index in [-0.39, 0.29) is 5.56 Å². The Morgan fingerprint density at radius 1 is 1.28 bits per heavy atom. The molecule has 0 amide bonds. The molecule has 0 bridgehead atoms. The van der Waals surface area contributed by atoms with Crippen LogP contribution < -0.4 is 10.3 Å². The molecule has 3 heteroatoms. The predicted molar refractivity (Wildman–Crippen MR) is 74.4 cm³/mol. The fourth-order valence-corrected chi connectivity index (χ4v) is 1.87. The monoisotopic (exact) mass is 243 g/mol. The molecule has 0 saturated heterocycles. The number of hydrogen-bond donors (Lipinski definition) is 1. The summed E-state index contributed by atoms with van der Waals surface area (Å²) in [5, 5.41) is 0.955. The number of hydrogen-bond acceptors (Lipinski definition) is 2. The van der Waals surface area contributed by atoms with Crippen LogP contribution in [0.3, 0.4) is 0 Å². The molecule has 94 valence electrons. The largest absolute Gasteiger partial charge is 0.489 e. The van der Waals surface area contributed by atoms with Crippen molar-refractivity contribution in [3.8, 4) is 5.75 Å². The number of aromatic amines is 1. The summed E-state index contributed by atoms with van der Waals surface area (Å²) in [5.74, 6) is 0.799. The third-order valence-corrected chi connectivity index (χ3v) is 2.94. The Labute approximate surface area is 106 Å². The zero-order valence-electron chi connectivity index (χ0n) is 10.9. The van der Waals surface area contributed by atoms with Crippen molar-refractivity contribution < 1.29 is 4.74 Å². The Bertz CT molecular complexity index is 653. The minimum absolute atomic E-state index is 0.0452. The number of benzene rings is 1. The number of pyridine rings is 1. The summed E-state index contributed by atoms with van der Waals surface area (Å²) < 4.78 is 5.70. The Balaban J connectivity index is 2.57. The van der Waals surface area contributed by atoms with E-state index in [0.29, 0.717) is 12.2 Å². The van der Waals surface area contributed by atoms with Crippen LogP contribution in [-0.2, 0) is 0 Å². The number of aryl methyl sites for hydroxylation is 2. The van der Waals surface area contributed by atoms with Crippen LogP contribution in [-0.4, -0.2) is 11.6 Å². The topological polar surface area (TPSA) is 42.1 Å². The lowest BCUT2D eigenvalue weighted by molar-refractivity contribution is 0.367. The van der Waals surface area contributed by atoms with Crippen molar-refractivity contribution >= 4 is 10.9 Å². The van der Waals surface area contributed by atoms with E-state index < -0.39 is 0 Å². The van der Waals surface area contributed by atoms with Crippen molar-refractivity contribution in [3.63, 3.8) is 0 Å². The van der Waals surface area contributed by atoms with Gasteiger partial charge in [-0.25, -0.2) is 0 Å². The van der Waals surface area contributed by atoms with Crippen LogP contribution in [0.1, 0.15) is 18.1 Å². The SMILES string of the molecule is CC=CCOc1ccc(C)c2[nH]c(=O)c(C)cc12. The summed E-state index contributed by atoms with van der Waals surface area (Å²) in [6.45, 7) is 6.27. The smallest absolute Gasteiger partial charge is 0.251 e. The molecule has 0 aliphatic carbocycles. The first-order valence-corrected chi connectivity index (χ1v) is 6.00. The zero-order chi connectivity index (χ0) is 13.1. The third-order valence-electron chi connectivity index (χ3n) is 2.94. The van der Waals surface area contributed by atoms with Gasteiger partial charge < -0.3 is 9.72 Å². The van der Waals surface area contributed by atoms with Gasteiger partial charge in [-0.1, -0.05) is 18.2 Å². The van der Waals surface area contributed by atoms with Gasteiger partial charge in [-0.2, -0.15) is 0 Å². The summed E-state index contributed by atoms with van der Waals surface area (Å²) in [4.78, 5) is 14.6. The van der Waals surface area contributed by atoms with E-state index in [4.69, 9.17) is 4.74 Å². The molecule has 3 nitrogen and oxygen atoms in total. The molecule has 1 aromatic carbocycles. The van der Waals surface area contributed by atoms with Crippen LogP contribution in [0.2, 0.25) is 0 Å². The van der Waals surface area contributed by atoms with Crippen LogP contribution in [0.5, 0.6) is 5.75 Å². The first-order valence-electron chi connectivity index (χ1n) is 6.00. The Kier molecular flexibility index (Phi) is 3.51. The number of H-pyrrole nitrogens is 1. The molecule has 1 aromatic heterocycles. The summed E-state index contributed by atoms with van der Waals surface area (Å²) in [6.07, 6.45) is 3.90. The predicted octanol–water partition coefficient (Wildman–Crippen LogP) is 3.10. The molecular formula is C15H17NO2. The summed E-state index contributed by atoms with van der Waals surface area (Å²) in [7, 11) is 0. The minimum Gasteiger partial charge on any atom is -0.489 e. The molecule has 0 fully saturated rings. The van der Waals surface area contributed by atoms with Gasteiger partial charge in [-0.05, 0) is 38.5 Å². The standard InChI is InChI=1S/C15H17NO2/c1-4-5-8-18-13-7-6-10(2)14-12(13)9-11(3)15(17)16-14/h4-7,9H,8H2,1-3H3,(H,16,17). The van der Waals surface area contributed by atoms with Crippen molar-refractivity contribution in [2.24, 2.45) is 0 Å².